The van der Waals surface area contributed by atoms with Crippen molar-refractivity contribution in [1.82, 2.24) is 19.9 Å². The van der Waals surface area contributed by atoms with Crippen LogP contribution in [-0.4, -0.2) is 42.1 Å². The molecule has 0 unspecified atom stereocenters. The number of aromatic nitrogens is 4. The molecule has 2 aliphatic rings. The van der Waals surface area contributed by atoms with Crippen molar-refractivity contribution in [3.8, 4) is 0 Å². The summed E-state index contributed by atoms with van der Waals surface area (Å²) in [6.45, 7) is 8.69. The molecule has 0 spiro atoms. The molecule has 6 rings (SSSR count). The summed E-state index contributed by atoms with van der Waals surface area (Å²) in [5.74, 6) is 2.50. The second kappa shape index (κ2) is 9.30. The fourth-order valence-electron chi connectivity index (χ4n) is 4.49. The summed E-state index contributed by atoms with van der Waals surface area (Å²) in [6, 6.07) is 20.1. The normalized spacial score (nSPS) is 14.6. The Morgan fingerprint density at radius 1 is 0.750 bits per heavy atom. The second-order valence-electron chi connectivity index (χ2n) is 9.15. The topological polar surface area (TPSA) is 64.5 Å². The molecule has 2 aromatic heterocycles. The van der Waals surface area contributed by atoms with E-state index in [0.717, 1.165) is 34.5 Å². The average Bonchev–Trinajstić information content (AvgIpc) is 3.41. The molecule has 0 amide bonds. The van der Waals surface area contributed by atoms with Crippen LogP contribution in [0, 0.1) is 25.5 Å². The first-order valence-corrected chi connectivity index (χ1v) is 14.3. The van der Waals surface area contributed by atoms with Gasteiger partial charge in [0.25, 0.3) is 0 Å². The molecule has 10 heteroatoms. The maximum absolute atomic E-state index is 4.55. The standard InChI is InChI=1S/C26H24N8Si.Pt/c1-31-17-33(24-23(31)15-27-16-30-24)19-7-5-9-21(13-19)35(3,4)22-10-6-8-20(14-22)34-18-32(2)25-26(34)29-12-11-28-25;/h5-12,15-18H,1-4H3;/q-4;+4. The van der Waals surface area contributed by atoms with Gasteiger partial charge < -0.3 is 19.6 Å². The summed E-state index contributed by atoms with van der Waals surface area (Å²) < 4.78 is 0. The third-order valence-corrected chi connectivity index (χ3v) is 9.78. The van der Waals surface area contributed by atoms with E-state index in [1.54, 1.807) is 18.7 Å². The average molecular weight is 672 g/mol. The first-order valence-electron chi connectivity index (χ1n) is 11.3. The van der Waals surface area contributed by atoms with Gasteiger partial charge in [0.05, 0.1) is 20.0 Å². The minimum absolute atomic E-state index is 0. The minimum atomic E-state index is -2.13. The zero-order chi connectivity index (χ0) is 24.2. The zero-order valence-electron chi connectivity index (χ0n) is 20.3. The van der Waals surface area contributed by atoms with E-state index in [-0.39, 0.29) is 21.1 Å². The number of benzene rings is 2. The number of rotatable bonds is 4. The fraction of sp³-hybridized carbons (Fsp3) is 0.154. The molecule has 36 heavy (non-hydrogen) atoms. The van der Waals surface area contributed by atoms with Crippen LogP contribution in [0.3, 0.4) is 0 Å². The number of hydrogen-bond acceptors (Lipinski definition) is 8. The Kier molecular flexibility index (Phi) is 6.30. The van der Waals surface area contributed by atoms with Crippen LogP contribution < -0.4 is 30.0 Å². The van der Waals surface area contributed by atoms with Crippen molar-refractivity contribution in [3.05, 3.63) is 86.8 Å². The van der Waals surface area contributed by atoms with Crippen LogP contribution in [0.4, 0.5) is 34.5 Å². The van der Waals surface area contributed by atoms with Gasteiger partial charge in [-0.1, -0.05) is 13.1 Å². The smallest absolute Gasteiger partial charge is 0.501 e. The number of hydrogen-bond donors (Lipinski definition) is 0. The Bertz CT molecular complexity index is 1310. The fourth-order valence-corrected chi connectivity index (χ4v) is 6.68. The summed E-state index contributed by atoms with van der Waals surface area (Å²) in [4.78, 5) is 25.8. The van der Waals surface area contributed by atoms with Gasteiger partial charge in [-0.25, -0.2) is 19.9 Å². The summed E-state index contributed by atoms with van der Waals surface area (Å²) in [7, 11) is 1.85. The van der Waals surface area contributed by atoms with Gasteiger partial charge in [-0.05, 0) is 14.1 Å². The van der Waals surface area contributed by atoms with Gasteiger partial charge in [-0.2, -0.15) is 65.6 Å². The van der Waals surface area contributed by atoms with Crippen LogP contribution >= 0.6 is 0 Å². The van der Waals surface area contributed by atoms with Crippen molar-refractivity contribution < 1.29 is 21.1 Å². The molecule has 182 valence electrons. The van der Waals surface area contributed by atoms with Gasteiger partial charge in [0.1, 0.15) is 23.8 Å². The zero-order valence-corrected chi connectivity index (χ0v) is 23.6. The SMILES string of the molecule is CN1[CH-]N(c2[c-]c([Si](C)(C)c3[c-]c(N4[CH-]N(C)c5nccnc54)ccc3)ccc2)c2ncncc21.[Pt+4]. The molecule has 4 heterocycles. The van der Waals surface area contributed by atoms with Crippen molar-refractivity contribution in [2.45, 2.75) is 13.1 Å². The molecule has 0 N–H and O–H groups in total. The van der Waals surface area contributed by atoms with E-state index in [1.165, 1.54) is 10.4 Å². The summed E-state index contributed by atoms with van der Waals surface area (Å²) in [5.41, 5.74) is 2.88. The maximum atomic E-state index is 4.55. The Morgan fingerprint density at radius 2 is 1.33 bits per heavy atom. The van der Waals surface area contributed by atoms with Gasteiger partial charge in [0, 0.05) is 12.4 Å². The molecule has 2 aromatic carbocycles. The Labute approximate surface area is 226 Å². The molecule has 0 saturated carbocycles. The number of fused-ring (bicyclic) bond motifs is 2. The van der Waals surface area contributed by atoms with Gasteiger partial charge in [-0.3, -0.25) is 0 Å². The minimum Gasteiger partial charge on any atom is -0.501 e. The molecule has 2 aliphatic heterocycles. The molecular weight excluding hydrogens is 648 g/mol. The van der Waals surface area contributed by atoms with E-state index in [2.05, 4.69) is 86.5 Å². The molecule has 8 nitrogen and oxygen atoms in total. The van der Waals surface area contributed by atoms with Crippen molar-refractivity contribution in [2.75, 3.05) is 33.7 Å². The van der Waals surface area contributed by atoms with Crippen molar-refractivity contribution in [2.24, 2.45) is 0 Å². The predicted octanol–water partition coefficient (Wildman–Crippen LogP) is 3.10. The molecule has 0 aliphatic carbocycles. The van der Waals surface area contributed by atoms with Gasteiger partial charge in [-0.15, -0.1) is 18.0 Å². The molecule has 0 atom stereocenters. The largest absolute Gasteiger partial charge is 4.00 e. The van der Waals surface area contributed by atoms with Crippen LogP contribution in [0.1, 0.15) is 0 Å². The first-order chi connectivity index (χ1) is 16.9. The van der Waals surface area contributed by atoms with E-state index in [4.69, 9.17) is 0 Å². The Balaban J connectivity index is 0.00000267. The third-order valence-electron chi connectivity index (χ3n) is 6.51. The predicted molar refractivity (Wildman–Crippen MR) is 141 cm³/mol. The first kappa shape index (κ1) is 24.4. The quantitative estimate of drug-likeness (QED) is 0.243. The number of anilines is 6. The van der Waals surface area contributed by atoms with Crippen LogP contribution in [0.5, 0.6) is 0 Å². The van der Waals surface area contributed by atoms with Crippen LogP contribution in [0.15, 0.2) is 61.3 Å². The van der Waals surface area contributed by atoms with E-state index in [9.17, 15) is 0 Å². The van der Waals surface area contributed by atoms with Gasteiger partial charge in [0.15, 0.2) is 0 Å². The van der Waals surface area contributed by atoms with Gasteiger partial charge in [0.2, 0.25) is 0 Å². The molecular formula is C26H24N8PtSi. The van der Waals surface area contributed by atoms with Crippen molar-refractivity contribution >= 4 is 53.0 Å². The van der Waals surface area contributed by atoms with Crippen LogP contribution in [0.2, 0.25) is 13.1 Å². The van der Waals surface area contributed by atoms with Crippen molar-refractivity contribution in [3.63, 3.8) is 0 Å². The Hall–Kier alpha value is -3.29. The van der Waals surface area contributed by atoms with Crippen LogP contribution in [0.25, 0.3) is 0 Å². The second-order valence-corrected chi connectivity index (χ2v) is 13.5. The molecule has 0 fully saturated rings. The van der Waals surface area contributed by atoms with E-state index < -0.39 is 8.07 Å². The molecule has 4 aromatic rings. The molecule has 0 radical (unpaired) electrons. The van der Waals surface area contributed by atoms with Gasteiger partial charge >= 0.3 is 21.1 Å². The summed E-state index contributed by atoms with van der Waals surface area (Å²) in [5, 5.41) is 2.40. The van der Waals surface area contributed by atoms with Crippen molar-refractivity contribution in [1.29, 1.82) is 0 Å². The van der Waals surface area contributed by atoms with E-state index in [1.807, 2.05) is 48.3 Å². The van der Waals surface area contributed by atoms with E-state index >= 15 is 0 Å². The molecule has 0 bridgehead atoms. The molecule has 0 saturated heterocycles. The van der Waals surface area contributed by atoms with Crippen LogP contribution in [-0.2, 0) is 21.1 Å². The van der Waals surface area contributed by atoms with E-state index in [0.29, 0.717) is 0 Å². The monoisotopic (exact) mass is 671 g/mol. The number of nitrogens with zero attached hydrogens (tertiary/aromatic N) is 8. The summed E-state index contributed by atoms with van der Waals surface area (Å²) in [6.07, 6.45) is 6.84. The summed E-state index contributed by atoms with van der Waals surface area (Å²) >= 11 is 0. The maximum Gasteiger partial charge on any atom is 4.00 e. The Morgan fingerprint density at radius 3 is 2.00 bits per heavy atom. The third kappa shape index (κ3) is 3.96.